The molecule has 0 saturated heterocycles. The maximum Gasteiger partial charge on any atom is 0.355 e. The first-order valence-corrected chi connectivity index (χ1v) is 8.47. The number of Topliss-reactive ketones (excluding diaryl/α,β-unsaturated/α-hetero) is 1. The summed E-state index contributed by atoms with van der Waals surface area (Å²) in [5.41, 5.74) is 1.52. The summed E-state index contributed by atoms with van der Waals surface area (Å²) in [6, 6.07) is 15.1. The van der Waals surface area contributed by atoms with Gasteiger partial charge < -0.3 is 15.4 Å². The fourth-order valence-corrected chi connectivity index (χ4v) is 2.29. The highest BCUT2D eigenvalue weighted by Gasteiger charge is 2.16. The smallest absolute Gasteiger partial charge is 0.355 e. The van der Waals surface area contributed by atoms with E-state index in [0.29, 0.717) is 16.8 Å². The van der Waals surface area contributed by atoms with Gasteiger partial charge in [-0.25, -0.2) is 4.79 Å². The molecule has 2 aromatic rings. The van der Waals surface area contributed by atoms with Crippen molar-refractivity contribution in [3.63, 3.8) is 0 Å². The van der Waals surface area contributed by atoms with Gasteiger partial charge in [-0.3, -0.25) is 14.4 Å². The first-order valence-electron chi connectivity index (χ1n) is 8.47. The molecule has 2 amide bonds. The molecule has 0 unspecified atom stereocenters. The number of carbonyl (C=O) groups is 4. The third kappa shape index (κ3) is 6.53. The van der Waals surface area contributed by atoms with Crippen LogP contribution in [0.1, 0.15) is 29.8 Å². The molecule has 7 nitrogen and oxygen atoms in total. The highest BCUT2D eigenvalue weighted by molar-refractivity contribution is 6.01. The monoisotopic (exact) mass is 380 g/mol. The van der Waals surface area contributed by atoms with Crippen LogP contribution in [0.25, 0.3) is 6.08 Å². The van der Waals surface area contributed by atoms with Gasteiger partial charge in [-0.2, -0.15) is 0 Å². The predicted molar refractivity (Wildman–Crippen MR) is 104 cm³/mol. The Kier molecular flexibility index (Phi) is 7.21. The van der Waals surface area contributed by atoms with E-state index >= 15 is 0 Å². The van der Waals surface area contributed by atoms with E-state index in [0.717, 1.165) is 0 Å². The van der Waals surface area contributed by atoms with E-state index in [4.69, 9.17) is 4.74 Å². The maximum absolute atomic E-state index is 12.3. The molecular formula is C21H20N2O5. The number of anilines is 1. The van der Waals surface area contributed by atoms with Crippen molar-refractivity contribution in [1.82, 2.24) is 5.32 Å². The largest absolute Gasteiger partial charge is 0.453 e. The van der Waals surface area contributed by atoms with Crippen LogP contribution in [-0.2, 0) is 19.1 Å². The van der Waals surface area contributed by atoms with Gasteiger partial charge in [0.2, 0.25) is 11.8 Å². The summed E-state index contributed by atoms with van der Waals surface area (Å²) in [6.07, 6.45) is 1.47. The average molecular weight is 380 g/mol. The van der Waals surface area contributed by atoms with E-state index in [1.165, 1.54) is 32.1 Å². The number of benzene rings is 2. The van der Waals surface area contributed by atoms with Crippen LogP contribution in [-0.4, -0.2) is 30.2 Å². The number of hydrogen-bond acceptors (Lipinski definition) is 5. The third-order valence-electron chi connectivity index (χ3n) is 3.50. The van der Waals surface area contributed by atoms with Crippen molar-refractivity contribution in [2.24, 2.45) is 0 Å². The summed E-state index contributed by atoms with van der Waals surface area (Å²) in [7, 11) is 0. The molecule has 28 heavy (non-hydrogen) atoms. The highest BCUT2D eigenvalue weighted by Crippen LogP contribution is 2.11. The van der Waals surface area contributed by atoms with E-state index in [1.807, 2.05) is 6.07 Å². The summed E-state index contributed by atoms with van der Waals surface area (Å²) in [4.78, 5) is 46.9. The average Bonchev–Trinajstić information content (AvgIpc) is 2.66. The first-order chi connectivity index (χ1) is 13.3. The zero-order chi connectivity index (χ0) is 20.5. The topological polar surface area (TPSA) is 102 Å². The van der Waals surface area contributed by atoms with Gasteiger partial charge in [0.05, 0.1) is 0 Å². The Morgan fingerprint density at radius 1 is 0.893 bits per heavy atom. The van der Waals surface area contributed by atoms with Crippen molar-refractivity contribution in [2.45, 2.75) is 13.8 Å². The van der Waals surface area contributed by atoms with Gasteiger partial charge in [0.15, 0.2) is 12.4 Å². The quantitative estimate of drug-likeness (QED) is 0.437. The summed E-state index contributed by atoms with van der Waals surface area (Å²) >= 11 is 0. The molecule has 2 aromatic carbocycles. The Balaban J connectivity index is 2.03. The number of hydrogen-bond donors (Lipinski definition) is 2. The van der Waals surface area contributed by atoms with Gasteiger partial charge in [0, 0.05) is 25.1 Å². The van der Waals surface area contributed by atoms with E-state index in [-0.39, 0.29) is 11.6 Å². The SMILES string of the molecule is CC(=O)N/C(=C\c1ccccc1)C(=O)OCC(=O)c1ccc(NC(C)=O)cc1. The number of amides is 2. The lowest BCUT2D eigenvalue weighted by atomic mass is 10.1. The van der Waals surface area contributed by atoms with Gasteiger partial charge in [-0.15, -0.1) is 0 Å². The highest BCUT2D eigenvalue weighted by atomic mass is 16.5. The lowest BCUT2D eigenvalue weighted by molar-refractivity contribution is -0.139. The molecule has 0 aliphatic heterocycles. The van der Waals surface area contributed by atoms with Crippen LogP contribution in [0.15, 0.2) is 60.3 Å². The number of ether oxygens (including phenoxy) is 1. The first kappa shape index (κ1) is 20.6. The summed E-state index contributed by atoms with van der Waals surface area (Å²) in [5.74, 6) is -1.88. The minimum Gasteiger partial charge on any atom is -0.453 e. The van der Waals surface area contributed by atoms with Gasteiger partial charge in [0.25, 0.3) is 0 Å². The van der Waals surface area contributed by atoms with Crippen molar-refractivity contribution in [3.05, 3.63) is 71.4 Å². The van der Waals surface area contributed by atoms with Gasteiger partial charge >= 0.3 is 5.97 Å². The lowest BCUT2D eigenvalue weighted by Gasteiger charge is -2.09. The Morgan fingerprint density at radius 2 is 1.54 bits per heavy atom. The van der Waals surface area contributed by atoms with Crippen molar-refractivity contribution in [2.75, 3.05) is 11.9 Å². The molecular weight excluding hydrogens is 360 g/mol. The van der Waals surface area contributed by atoms with Crippen LogP contribution in [0.2, 0.25) is 0 Å². The zero-order valence-electron chi connectivity index (χ0n) is 15.5. The Hall–Kier alpha value is -3.74. The summed E-state index contributed by atoms with van der Waals surface area (Å²) < 4.78 is 5.05. The molecule has 0 heterocycles. The standard InChI is InChI=1S/C21H20N2O5/c1-14(24)22-18-10-8-17(9-11-18)20(26)13-28-21(27)19(23-15(2)25)12-16-6-4-3-5-7-16/h3-12H,13H2,1-2H3,(H,22,24)(H,23,25)/b19-12-. The van der Waals surface area contributed by atoms with Crippen LogP contribution in [0.5, 0.6) is 0 Å². The maximum atomic E-state index is 12.3. The molecule has 144 valence electrons. The Bertz CT molecular complexity index is 902. The van der Waals surface area contributed by atoms with E-state index < -0.39 is 24.3 Å². The fourth-order valence-electron chi connectivity index (χ4n) is 2.29. The second kappa shape index (κ2) is 9.82. The third-order valence-corrected chi connectivity index (χ3v) is 3.50. The van der Waals surface area contributed by atoms with Crippen LogP contribution >= 0.6 is 0 Å². The van der Waals surface area contributed by atoms with Crippen molar-refractivity contribution < 1.29 is 23.9 Å². The van der Waals surface area contributed by atoms with Crippen LogP contribution in [0, 0.1) is 0 Å². The van der Waals surface area contributed by atoms with Gasteiger partial charge in [-0.1, -0.05) is 30.3 Å². The van der Waals surface area contributed by atoms with Crippen molar-refractivity contribution in [3.8, 4) is 0 Å². The number of carbonyl (C=O) groups excluding carboxylic acids is 4. The van der Waals surface area contributed by atoms with Gasteiger partial charge in [-0.05, 0) is 35.9 Å². The zero-order valence-corrected chi connectivity index (χ0v) is 15.5. The van der Waals surface area contributed by atoms with E-state index in [2.05, 4.69) is 10.6 Å². The van der Waals surface area contributed by atoms with E-state index in [9.17, 15) is 19.2 Å². The lowest BCUT2D eigenvalue weighted by Crippen LogP contribution is -2.27. The second-order valence-electron chi connectivity index (χ2n) is 5.91. The number of ketones is 1. The number of rotatable bonds is 7. The molecule has 0 fully saturated rings. The van der Waals surface area contributed by atoms with Crippen LogP contribution in [0.3, 0.4) is 0 Å². The van der Waals surface area contributed by atoms with Crippen molar-refractivity contribution in [1.29, 1.82) is 0 Å². The Morgan fingerprint density at radius 3 is 2.11 bits per heavy atom. The molecule has 0 spiro atoms. The minimum absolute atomic E-state index is 0.0625. The minimum atomic E-state index is -0.817. The molecule has 0 saturated carbocycles. The molecule has 2 N–H and O–H groups in total. The molecule has 0 bridgehead atoms. The molecule has 2 rings (SSSR count). The second-order valence-corrected chi connectivity index (χ2v) is 5.91. The van der Waals surface area contributed by atoms with E-state index in [1.54, 1.807) is 36.4 Å². The summed E-state index contributed by atoms with van der Waals surface area (Å²) in [5, 5.41) is 5.01. The molecule has 7 heteroatoms. The predicted octanol–water partition coefficient (Wildman–Crippen LogP) is 2.55. The van der Waals surface area contributed by atoms with Crippen molar-refractivity contribution >= 4 is 35.3 Å². The van der Waals surface area contributed by atoms with Crippen LogP contribution in [0.4, 0.5) is 5.69 Å². The number of nitrogens with one attached hydrogen (secondary N) is 2. The Labute approximate surface area is 162 Å². The normalized spacial score (nSPS) is 10.7. The fraction of sp³-hybridized carbons (Fsp3) is 0.143. The van der Waals surface area contributed by atoms with Crippen LogP contribution < -0.4 is 10.6 Å². The van der Waals surface area contributed by atoms with Gasteiger partial charge in [0.1, 0.15) is 5.70 Å². The molecule has 0 aliphatic carbocycles. The summed E-state index contributed by atoms with van der Waals surface area (Å²) in [6.45, 7) is 2.17. The molecule has 0 aliphatic rings. The molecule has 0 aromatic heterocycles. The molecule has 0 atom stereocenters. The number of esters is 1. The molecule has 0 radical (unpaired) electrons.